The van der Waals surface area contributed by atoms with Crippen molar-refractivity contribution in [2.75, 3.05) is 0 Å². The molecule has 0 amide bonds. The largest absolute Gasteiger partial charge is 0.433 e. The molecule has 1 aromatic carbocycles. The van der Waals surface area contributed by atoms with Crippen molar-refractivity contribution in [1.82, 2.24) is 5.27 Å². The van der Waals surface area contributed by atoms with Crippen molar-refractivity contribution in [3.63, 3.8) is 0 Å². The van der Waals surface area contributed by atoms with Gasteiger partial charge in [0.05, 0.1) is 0 Å². The van der Waals surface area contributed by atoms with Gasteiger partial charge in [-0.15, -0.1) is 0 Å². The number of aromatic nitrogens is 2. The van der Waals surface area contributed by atoms with E-state index in [4.69, 9.17) is 4.52 Å². The van der Waals surface area contributed by atoms with Gasteiger partial charge in [0.15, 0.2) is 5.60 Å². The Morgan fingerprint density at radius 3 is 2.44 bits per heavy atom. The molecule has 1 heterocycles. The second-order valence-corrected chi connectivity index (χ2v) is 4.24. The minimum absolute atomic E-state index is 0.235. The van der Waals surface area contributed by atoms with E-state index in [-0.39, 0.29) is 5.69 Å². The van der Waals surface area contributed by atoms with Crippen molar-refractivity contribution in [3.8, 4) is 5.69 Å². The fourth-order valence-electron chi connectivity index (χ4n) is 2.01. The van der Waals surface area contributed by atoms with Crippen LogP contribution in [0.5, 0.6) is 0 Å². The molecule has 0 saturated carbocycles. The molecular weight excluding hydrogens is 232 g/mol. The molecule has 5 heteroatoms. The Hall–Kier alpha value is -1.88. The molecule has 1 aromatic heterocycles. The number of aliphatic hydroxyl groups is 1. The van der Waals surface area contributed by atoms with Crippen LogP contribution in [0.1, 0.15) is 32.4 Å². The van der Waals surface area contributed by atoms with Crippen LogP contribution in [-0.4, -0.2) is 10.4 Å². The van der Waals surface area contributed by atoms with Crippen LogP contribution in [0.15, 0.2) is 39.6 Å². The van der Waals surface area contributed by atoms with Crippen LogP contribution in [0.25, 0.3) is 5.69 Å². The van der Waals surface area contributed by atoms with Crippen LogP contribution in [-0.2, 0) is 5.60 Å². The number of rotatable bonds is 4. The van der Waals surface area contributed by atoms with Crippen LogP contribution in [0, 0.1) is 0 Å². The molecule has 0 atom stereocenters. The molecular formula is C13H17N2O3+. The summed E-state index contributed by atoms with van der Waals surface area (Å²) in [7, 11) is 0. The Morgan fingerprint density at radius 1 is 1.28 bits per heavy atom. The Labute approximate surface area is 105 Å². The molecule has 96 valence electrons. The monoisotopic (exact) mass is 249 g/mol. The lowest BCUT2D eigenvalue weighted by atomic mass is 9.93. The first kappa shape index (κ1) is 12.6. The zero-order valence-corrected chi connectivity index (χ0v) is 10.5. The Kier molecular flexibility index (Phi) is 3.34. The van der Waals surface area contributed by atoms with Gasteiger partial charge in [-0.2, -0.15) is 0 Å². The molecule has 0 bridgehead atoms. The third-order valence-electron chi connectivity index (χ3n) is 3.27. The van der Waals surface area contributed by atoms with Gasteiger partial charge in [-0.25, -0.2) is 4.79 Å². The van der Waals surface area contributed by atoms with Crippen molar-refractivity contribution >= 4 is 0 Å². The van der Waals surface area contributed by atoms with Gasteiger partial charge in [0.1, 0.15) is 0 Å². The first-order chi connectivity index (χ1) is 8.62. The highest BCUT2D eigenvalue weighted by atomic mass is 16.5. The maximum atomic E-state index is 11.8. The number of para-hydroxylation sites is 1. The molecule has 0 aliphatic carbocycles. The van der Waals surface area contributed by atoms with Crippen molar-refractivity contribution in [3.05, 3.63) is 46.4 Å². The van der Waals surface area contributed by atoms with Gasteiger partial charge in [0.2, 0.25) is 5.69 Å². The summed E-state index contributed by atoms with van der Waals surface area (Å²) in [4.78, 5) is 11.8. The fraction of sp³-hybridized carbons (Fsp3) is 0.385. The first-order valence-corrected chi connectivity index (χ1v) is 6.04. The molecule has 0 aliphatic rings. The number of benzene rings is 1. The Balaban J connectivity index is 2.62. The SMILES string of the molecule is CCC(O)(CC)c1c(=O)o[nH][n+]1-c1ccccc1. The molecule has 2 N–H and O–H groups in total. The normalized spacial score (nSPS) is 11.7. The standard InChI is InChI=1S/C13H16N2O3/c1-3-13(17,4-2)11-12(16)18-14-15(11)10-8-6-5-7-9-10/h5-9,17H,3-4H2,1-2H3/p+1. The molecule has 0 radical (unpaired) electrons. The fourth-order valence-corrected chi connectivity index (χ4v) is 2.01. The molecule has 0 saturated heterocycles. The Morgan fingerprint density at radius 2 is 1.89 bits per heavy atom. The molecule has 2 rings (SSSR count). The topological polar surface area (TPSA) is 70.1 Å². The number of aromatic amines is 1. The first-order valence-electron chi connectivity index (χ1n) is 6.04. The molecule has 5 nitrogen and oxygen atoms in total. The van der Waals surface area contributed by atoms with Crippen LogP contribution >= 0.6 is 0 Å². The summed E-state index contributed by atoms with van der Waals surface area (Å²) in [5.41, 5.74) is -0.737. The minimum atomic E-state index is -1.18. The second-order valence-electron chi connectivity index (χ2n) is 4.24. The van der Waals surface area contributed by atoms with Crippen LogP contribution < -0.4 is 10.3 Å². The zero-order valence-electron chi connectivity index (χ0n) is 10.5. The van der Waals surface area contributed by atoms with Gasteiger partial charge < -0.3 is 5.11 Å². The average Bonchev–Trinajstić information content (AvgIpc) is 2.81. The van der Waals surface area contributed by atoms with Gasteiger partial charge in [-0.05, 0) is 22.8 Å². The molecule has 0 unspecified atom stereocenters. The highest BCUT2D eigenvalue weighted by molar-refractivity contribution is 5.21. The third-order valence-corrected chi connectivity index (χ3v) is 3.27. The van der Waals surface area contributed by atoms with Gasteiger partial charge in [0, 0.05) is 12.1 Å². The van der Waals surface area contributed by atoms with E-state index in [9.17, 15) is 9.90 Å². The predicted octanol–water partition coefficient (Wildman–Crippen LogP) is 1.25. The quantitative estimate of drug-likeness (QED) is 0.801. The Bertz CT molecular complexity index is 567. The summed E-state index contributed by atoms with van der Waals surface area (Å²) < 4.78 is 6.32. The highest BCUT2D eigenvalue weighted by Gasteiger charge is 2.41. The summed E-state index contributed by atoms with van der Waals surface area (Å²) in [6.07, 6.45) is 0.887. The molecule has 0 fully saturated rings. The maximum Gasteiger partial charge on any atom is 0.433 e. The van der Waals surface area contributed by atoms with Gasteiger partial charge >= 0.3 is 11.3 Å². The van der Waals surface area contributed by atoms with Gasteiger partial charge in [-0.3, -0.25) is 4.52 Å². The lowest BCUT2D eigenvalue weighted by molar-refractivity contribution is -0.684. The smallest absolute Gasteiger partial charge is 0.378 e. The summed E-state index contributed by atoms with van der Waals surface area (Å²) >= 11 is 0. The van der Waals surface area contributed by atoms with E-state index in [1.807, 2.05) is 44.2 Å². The van der Waals surface area contributed by atoms with Crippen molar-refractivity contribution in [1.29, 1.82) is 0 Å². The van der Waals surface area contributed by atoms with E-state index < -0.39 is 11.2 Å². The molecule has 2 aromatic rings. The summed E-state index contributed by atoms with van der Waals surface area (Å²) in [6.45, 7) is 3.68. The van der Waals surface area contributed by atoms with E-state index in [1.54, 1.807) is 0 Å². The molecule has 0 aliphatic heterocycles. The number of nitrogens with zero attached hydrogens (tertiary/aromatic N) is 1. The van der Waals surface area contributed by atoms with Crippen LogP contribution in [0.2, 0.25) is 0 Å². The zero-order chi connectivity index (χ0) is 13.2. The van der Waals surface area contributed by atoms with Crippen LogP contribution in [0.3, 0.4) is 0 Å². The minimum Gasteiger partial charge on any atom is -0.378 e. The van der Waals surface area contributed by atoms with E-state index >= 15 is 0 Å². The van der Waals surface area contributed by atoms with Crippen molar-refractivity contribution in [2.24, 2.45) is 0 Å². The number of H-pyrrole nitrogens is 1. The van der Waals surface area contributed by atoms with Crippen molar-refractivity contribution < 1.29 is 14.3 Å². The summed E-state index contributed by atoms with van der Waals surface area (Å²) in [6, 6.07) is 9.26. The predicted molar refractivity (Wildman–Crippen MR) is 65.3 cm³/mol. The van der Waals surface area contributed by atoms with Gasteiger partial charge in [-0.1, -0.05) is 32.0 Å². The average molecular weight is 249 g/mol. The van der Waals surface area contributed by atoms with Gasteiger partial charge in [0.25, 0.3) is 0 Å². The van der Waals surface area contributed by atoms with E-state index in [0.717, 1.165) is 5.69 Å². The lowest BCUT2D eigenvalue weighted by Gasteiger charge is -2.18. The van der Waals surface area contributed by atoms with E-state index in [1.165, 1.54) is 4.68 Å². The summed E-state index contributed by atoms with van der Waals surface area (Å²) in [5.74, 6) is 0. The second kappa shape index (κ2) is 4.78. The number of nitrogens with one attached hydrogen (secondary N) is 1. The van der Waals surface area contributed by atoms with Crippen LogP contribution in [0.4, 0.5) is 0 Å². The van der Waals surface area contributed by atoms with E-state index in [0.29, 0.717) is 12.8 Å². The van der Waals surface area contributed by atoms with E-state index in [2.05, 4.69) is 5.27 Å². The van der Waals surface area contributed by atoms with Crippen molar-refractivity contribution in [2.45, 2.75) is 32.3 Å². The lowest BCUT2D eigenvalue weighted by Crippen LogP contribution is -2.47. The summed E-state index contributed by atoms with van der Waals surface area (Å²) in [5, 5.41) is 13.0. The number of hydrogen-bond donors (Lipinski definition) is 2. The maximum absolute atomic E-state index is 11.8. The highest BCUT2D eigenvalue weighted by Crippen LogP contribution is 2.23. The molecule has 0 spiro atoms. The number of hydrogen-bond acceptors (Lipinski definition) is 3. The third kappa shape index (κ3) is 1.97. The molecule has 18 heavy (non-hydrogen) atoms.